The molecule has 1 saturated heterocycles. The highest BCUT2D eigenvalue weighted by Gasteiger charge is 2.47. The minimum absolute atomic E-state index is 0.00517. The van der Waals surface area contributed by atoms with Crippen LogP contribution in [-0.2, 0) is 17.1 Å². The van der Waals surface area contributed by atoms with Crippen molar-refractivity contribution in [1.29, 1.82) is 0 Å². The number of benzene rings is 1. The molecule has 1 heterocycles. The largest absolute Gasteiger partial charge is 0.416 e. The summed E-state index contributed by atoms with van der Waals surface area (Å²) < 4.78 is 85.2. The van der Waals surface area contributed by atoms with Crippen molar-refractivity contribution >= 4 is 17.5 Å². The predicted molar refractivity (Wildman–Crippen MR) is 114 cm³/mol. The van der Waals surface area contributed by atoms with Crippen molar-refractivity contribution in [2.24, 2.45) is 0 Å². The lowest BCUT2D eigenvalue weighted by atomic mass is 9.95. The number of rotatable bonds is 9. The van der Waals surface area contributed by atoms with Crippen LogP contribution < -0.4 is 0 Å². The summed E-state index contributed by atoms with van der Waals surface area (Å²) >= 11 is 6.79. The van der Waals surface area contributed by atoms with Gasteiger partial charge in [0.25, 0.3) is 5.91 Å². The number of nitrogens with zero attached hydrogens (tertiary/aromatic N) is 1. The Kier molecular flexibility index (Phi) is 9.50. The lowest BCUT2D eigenvalue weighted by Crippen LogP contribution is -2.60. The molecule has 10 heteroatoms. The zero-order valence-electron chi connectivity index (χ0n) is 18.8. The Balaban J connectivity index is 2.28. The first-order valence-electron chi connectivity index (χ1n) is 11.3. The molecule has 1 aliphatic rings. The maximum Gasteiger partial charge on any atom is 0.416 e. The van der Waals surface area contributed by atoms with Gasteiger partial charge in [0.15, 0.2) is 0 Å². The Hall–Kier alpha value is -1.48. The van der Waals surface area contributed by atoms with Gasteiger partial charge in [-0.05, 0) is 31.0 Å². The molecule has 0 aliphatic carbocycles. The van der Waals surface area contributed by atoms with Crippen molar-refractivity contribution in [3.8, 4) is 0 Å². The highest BCUT2D eigenvalue weighted by Crippen LogP contribution is 2.40. The summed E-state index contributed by atoms with van der Waals surface area (Å²) in [5.41, 5.74) is -3.76. The molecule has 1 aliphatic heterocycles. The molecular formula is C23H30ClF6NO2. The number of amides is 1. The molecule has 0 aromatic heterocycles. The average Bonchev–Trinajstić information content (AvgIpc) is 2.75. The monoisotopic (exact) mass is 501 g/mol. The van der Waals surface area contributed by atoms with Crippen molar-refractivity contribution in [1.82, 2.24) is 4.90 Å². The first-order valence-corrected chi connectivity index (χ1v) is 11.6. The van der Waals surface area contributed by atoms with Crippen LogP contribution in [-0.4, -0.2) is 35.1 Å². The number of carbonyl (C=O) groups excluding carboxylic acids is 1. The smallest absolute Gasteiger partial charge is 0.373 e. The van der Waals surface area contributed by atoms with Gasteiger partial charge in [-0.3, -0.25) is 4.79 Å². The van der Waals surface area contributed by atoms with Crippen LogP contribution in [0.1, 0.15) is 86.7 Å². The first kappa shape index (κ1) is 27.8. The third-order valence-corrected chi connectivity index (χ3v) is 6.69. The van der Waals surface area contributed by atoms with E-state index in [9.17, 15) is 31.1 Å². The number of alkyl halides is 7. The van der Waals surface area contributed by atoms with E-state index >= 15 is 0 Å². The van der Waals surface area contributed by atoms with Crippen molar-refractivity contribution < 1.29 is 35.9 Å². The second-order valence-corrected chi connectivity index (χ2v) is 8.99. The van der Waals surface area contributed by atoms with E-state index in [1.54, 1.807) is 6.92 Å². The highest BCUT2D eigenvalue weighted by molar-refractivity contribution is 6.25. The average molecular weight is 502 g/mol. The summed E-state index contributed by atoms with van der Waals surface area (Å²) in [6.45, 7) is 3.91. The lowest BCUT2D eigenvalue weighted by molar-refractivity contribution is -0.143. The molecule has 2 rings (SSSR count). The van der Waals surface area contributed by atoms with Gasteiger partial charge in [-0.15, -0.1) is 0 Å². The zero-order valence-corrected chi connectivity index (χ0v) is 19.5. The van der Waals surface area contributed by atoms with E-state index in [2.05, 4.69) is 6.92 Å². The summed E-state index contributed by atoms with van der Waals surface area (Å²) in [7, 11) is 0. The van der Waals surface area contributed by atoms with Gasteiger partial charge >= 0.3 is 12.4 Å². The molecule has 1 aromatic carbocycles. The van der Waals surface area contributed by atoms with Gasteiger partial charge in [0.05, 0.1) is 23.8 Å². The van der Waals surface area contributed by atoms with E-state index in [0.29, 0.717) is 18.6 Å². The molecule has 3 nitrogen and oxygen atoms in total. The van der Waals surface area contributed by atoms with Gasteiger partial charge in [-0.2, -0.15) is 26.3 Å². The SMILES string of the molecule is CCCCCCCCC1OCCN(C(=O)c2cc(C(F)(F)F)cc(C(F)(F)F)c2)C1(Cl)CC. The van der Waals surface area contributed by atoms with Gasteiger partial charge in [0.2, 0.25) is 0 Å². The molecule has 2 atom stereocenters. The highest BCUT2D eigenvalue weighted by atomic mass is 35.5. The summed E-state index contributed by atoms with van der Waals surface area (Å²) in [6.07, 6.45) is -3.69. The van der Waals surface area contributed by atoms with Crippen LogP contribution in [0.3, 0.4) is 0 Å². The van der Waals surface area contributed by atoms with Crippen LogP contribution in [0, 0.1) is 0 Å². The van der Waals surface area contributed by atoms with Gasteiger partial charge in [-0.1, -0.05) is 64.0 Å². The van der Waals surface area contributed by atoms with E-state index < -0.39 is 46.1 Å². The summed E-state index contributed by atoms with van der Waals surface area (Å²) in [6, 6.07) is 0.899. The van der Waals surface area contributed by atoms with Crippen LogP contribution in [0.2, 0.25) is 0 Å². The quantitative estimate of drug-likeness (QED) is 0.150. The Labute approximate surface area is 195 Å². The maximum atomic E-state index is 13.2. The van der Waals surface area contributed by atoms with Gasteiger partial charge in [-0.25, -0.2) is 0 Å². The molecule has 0 saturated carbocycles. The fourth-order valence-corrected chi connectivity index (χ4v) is 4.44. The Morgan fingerprint density at radius 1 is 1.00 bits per heavy atom. The molecule has 0 bridgehead atoms. The number of halogens is 7. The van der Waals surface area contributed by atoms with Crippen LogP contribution in [0.4, 0.5) is 26.3 Å². The molecule has 1 amide bonds. The molecular weight excluding hydrogens is 472 g/mol. The number of carbonyl (C=O) groups is 1. The Morgan fingerprint density at radius 3 is 2.06 bits per heavy atom. The predicted octanol–water partition coefficient (Wildman–Crippen LogP) is 7.66. The van der Waals surface area contributed by atoms with Crippen LogP contribution >= 0.6 is 11.6 Å². The third-order valence-electron chi connectivity index (χ3n) is 5.97. The zero-order chi connectivity index (χ0) is 24.9. The van der Waals surface area contributed by atoms with Crippen molar-refractivity contribution in [3.63, 3.8) is 0 Å². The standard InChI is InChI=1S/C23H30ClF6NO2/c1-3-5-6-7-8-9-10-19-21(24,4-2)31(11-12-33-19)20(32)16-13-17(22(25,26)27)15-18(14-16)23(28,29)30/h13-15,19H,3-12H2,1-2H3. The van der Waals surface area contributed by atoms with E-state index in [1.165, 1.54) is 0 Å². The van der Waals surface area contributed by atoms with E-state index in [0.717, 1.165) is 43.4 Å². The van der Waals surface area contributed by atoms with E-state index in [-0.39, 0.29) is 25.6 Å². The molecule has 33 heavy (non-hydrogen) atoms. The molecule has 0 N–H and O–H groups in total. The number of hydrogen-bond donors (Lipinski definition) is 0. The topological polar surface area (TPSA) is 29.5 Å². The fraction of sp³-hybridized carbons (Fsp3) is 0.696. The molecule has 188 valence electrons. The summed E-state index contributed by atoms with van der Waals surface area (Å²) in [5.74, 6) is -0.973. The third kappa shape index (κ3) is 7.01. The van der Waals surface area contributed by atoms with Crippen LogP contribution in [0.5, 0.6) is 0 Å². The van der Waals surface area contributed by atoms with Crippen molar-refractivity contribution in [2.75, 3.05) is 13.2 Å². The molecule has 0 radical (unpaired) electrons. The number of unbranched alkanes of at least 4 members (excludes halogenated alkanes) is 5. The van der Waals surface area contributed by atoms with Crippen LogP contribution in [0.15, 0.2) is 18.2 Å². The van der Waals surface area contributed by atoms with Gasteiger partial charge in [0, 0.05) is 12.1 Å². The van der Waals surface area contributed by atoms with Crippen molar-refractivity contribution in [3.05, 3.63) is 34.9 Å². The minimum Gasteiger partial charge on any atom is -0.373 e. The van der Waals surface area contributed by atoms with Crippen LogP contribution in [0.25, 0.3) is 0 Å². The lowest BCUT2D eigenvalue weighted by Gasteiger charge is -2.47. The van der Waals surface area contributed by atoms with Gasteiger partial charge in [0.1, 0.15) is 5.00 Å². The maximum absolute atomic E-state index is 13.2. The van der Waals surface area contributed by atoms with Gasteiger partial charge < -0.3 is 9.64 Å². The summed E-state index contributed by atoms with van der Waals surface area (Å²) in [5, 5.41) is 0. The fourth-order valence-electron chi connectivity index (χ4n) is 4.11. The second kappa shape index (κ2) is 11.3. The molecule has 0 spiro atoms. The second-order valence-electron chi connectivity index (χ2n) is 8.34. The van der Waals surface area contributed by atoms with E-state index in [4.69, 9.17) is 16.3 Å². The normalized spacial score (nSPS) is 22.0. The number of ether oxygens (including phenoxy) is 1. The molecule has 1 fully saturated rings. The Bertz CT molecular complexity index is 766. The number of hydrogen-bond acceptors (Lipinski definition) is 2. The molecule has 2 unspecified atom stereocenters. The number of morpholine rings is 1. The first-order chi connectivity index (χ1) is 15.3. The Morgan fingerprint density at radius 2 is 1.55 bits per heavy atom. The minimum atomic E-state index is -5.04. The van der Waals surface area contributed by atoms with Crippen molar-refractivity contribution in [2.45, 2.75) is 88.7 Å². The summed E-state index contributed by atoms with van der Waals surface area (Å²) in [4.78, 5) is 13.0. The molecule has 1 aromatic rings. The van der Waals surface area contributed by atoms with E-state index in [1.807, 2.05) is 0 Å².